The zero-order valence-corrected chi connectivity index (χ0v) is 15.5. The van der Waals surface area contributed by atoms with E-state index in [1.54, 1.807) is 7.11 Å². The maximum absolute atomic E-state index is 6.22. The van der Waals surface area contributed by atoms with Crippen molar-refractivity contribution in [2.45, 2.75) is 38.9 Å². The van der Waals surface area contributed by atoms with E-state index in [9.17, 15) is 0 Å². The molecule has 132 valence electrons. The molecule has 1 saturated heterocycles. The van der Waals surface area contributed by atoms with Crippen LogP contribution in [-0.4, -0.2) is 32.2 Å². The SMILES string of the molecule is COCOc1c(B2OC(C)(C)C(C)(C)O2)cccc1-c1ccccc1. The maximum Gasteiger partial charge on any atom is 0.498 e. The average Bonchev–Trinajstić information content (AvgIpc) is 2.81. The summed E-state index contributed by atoms with van der Waals surface area (Å²) in [4.78, 5) is 0. The monoisotopic (exact) mass is 340 g/mol. The van der Waals surface area contributed by atoms with Crippen molar-refractivity contribution in [2.75, 3.05) is 13.9 Å². The van der Waals surface area contributed by atoms with Crippen molar-refractivity contribution in [3.05, 3.63) is 48.5 Å². The molecular weight excluding hydrogens is 315 g/mol. The third-order valence-corrected chi connectivity index (χ3v) is 4.96. The Bertz CT molecular complexity index is 712. The third-order valence-electron chi connectivity index (χ3n) is 4.96. The first-order valence-electron chi connectivity index (χ1n) is 8.51. The van der Waals surface area contributed by atoms with Crippen molar-refractivity contribution < 1.29 is 18.8 Å². The number of benzene rings is 2. The van der Waals surface area contributed by atoms with Crippen LogP contribution in [0.2, 0.25) is 0 Å². The number of rotatable bonds is 5. The molecule has 1 aliphatic rings. The molecular formula is C20H25BO4. The van der Waals surface area contributed by atoms with Gasteiger partial charge in [0, 0.05) is 18.1 Å². The predicted octanol–water partition coefficient (Wildman–Crippen LogP) is 3.64. The van der Waals surface area contributed by atoms with Crippen LogP contribution >= 0.6 is 0 Å². The summed E-state index contributed by atoms with van der Waals surface area (Å²) >= 11 is 0. The van der Waals surface area contributed by atoms with Crippen LogP contribution in [0.5, 0.6) is 5.75 Å². The molecule has 2 aromatic rings. The second-order valence-corrected chi connectivity index (χ2v) is 7.23. The van der Waals surface area contributed by atoms with Gasteiger partial charge in [-0.25, -0.2) is 0 Å². The molecule has 1 aliphatic heterocycles. The van der Waals surface area contributed by atoms with Crippen molar-refractivity contribution in [1.82, 2.24) is 0 Å². The van der Waals surface area contributed by atoms with Crippen molar-refractivity contribution >= 4 is 12.6 Å². The first-order valence-corrected chi connectivity index (χ1v) is 8.51. The predicted molar refractivity (Wildman–Crippen MR) is 100 cm³/mol. The van der Waals surface area contributed by atoms with Crippen LogP contribution in [0.15, 0.2) is 48.5 Å². The van der Waals surface area contributed by atoms with E-state index in [0.29, 0.717) is 0 Å². The highest BCUT2D eigenvalue weighted by Crippen LogP contribution is 2.38. The Kier molecular flexibility index (Phi) is 4.91. The van der Waals surface area contributed by atoms with E-state index in [2.05, 4.69) is 12.1 Å². The number of methoxy groups -OCH3 is 1. The molecule has 0 amide bonds. The molecule has 0 atom stereocenters. The summed E-state index contributed by atoms with van der Waals surface area (Å²) in [7, 11) is 1.13. The summed E-state index contributed by atoms with van der Waals surface area (Å²) in [6, 6.07) is 16.2. The summed E-state index contributed by atoms with van der Waals surface area (Å²) in [6.45, 7) is 8.34. The Hall–Kier alpha value is -1.82. The summed E-state index contributed by atoms with van der Waals surface area (Å²) in [6.07, 6.45) is 0. The molecule has 2 aromatic carbocycles. The van der Waals surface area contributed by atoms with Gasteiger partial charge in [-0.2, -0.15) is 0 Å². The molecule has 0 spiro atoms. The van der Waals surface area contributed by atoms with Crippen molar-refractivity contribution in [2.24, 2.45) is 0 Å². The van der Waals surface area contributed by atoms with Crippen LogP contribution in [0.4, 0.5) is 0 Å². The highest BCUT2D eigenvalue weighted by atomic mass is 16.7. The van der Waals surface area contributed by atoms with Gasteiger partial charge in [-0.3, -0.25) is 0 Å². The van der Waals surface area contributed by atoms with E-state index >= 15 is 0 Å². The molecule has 1 fully saturated rings. The average molecular weight is 340 g/mol. The molecule has 0 aliphatic carbocycles. The summed E-state index contributed by atoms with van der Waals surface area (Å²) in [5.74, 6) is 0.731. The van der Waals surface area contributed by atoms with Gasteiger partial charge in [0.2, 0.25) is 0 Å². The van der Waals surface area contributed by atoms with E-state index in [0.717, 1.165) is 22.3 Å². The highest BCUT2D eigenvalue weighted by Gasteiger charge is 2.52. The molecule has 0 aromatic heterocycles. The Morgan fingerprint density at radius 1 is 0.880 bits per heavy atom. The standard InChI is InChI=1S/C20H25BO4/c1-19(2)20(3,4)25-21(24-19)17-13-9-12-16(18(17)23-14-22-5)15-10-7-6-8-11-15/h6-13H,14H2,1-5H3. The lowest BCUT2D eigenvalue weighted by atomic mass is 9.77. The quantitative estimate of drug-likeness (QED) is 0.615. The molecule has 0 radical (unpaired) electrons. The van der Waals surface area contributed by atoms with Crippen LogP contribution < -0.4 is 10.2 Å². The minimum atomic E-state index is -0.486. The molecule has 0 N–H and O–H groups in total. The van der Waals surface area contributed by atoms with Gasteiger partial charge in [-0.15, -0.1) is 0 Å². The fraction of sp³-hybridized carbons (Fsp3) is 0.400. The minimum Gasteiger partial charge on any atom is -0.467 e. The Labute approximate surface area is 150 Å². The van der Waals surface area contributed by atoms with E-state index < -0.39 is 18.3 Å². The van der Waals surface area contributed by atoms with Crippen LogP contribution in [-0.2, 0) is 14.0 Å². The Morgan fingerprint density at radius 2 is 1.52 bits per heavy atom. The van der Waals surface area contributed by atoms with Crippen molar-refractivity contribution in [3.63, 3.8) is 0 Å². The van der Waals surface area contributed by atoms with Crippen molar-refractivity contribution in [1.29, 1.82) is 0 Å². The van der Waals surface area contributed by atoms with Crippen LogP contribution in [0.3, 0.4) is 0 Å². The summed E-state index contributed by atoms with van der Waals surface area (Å²) < 4.78 is 23.5. The smallest absolute Gasteiger partial charge is 0.467 e. The number of hydrogen-bond acceptors (Lipinski definition) is 4. The molecule has 3 rings (SSSR count). The van der Waals surface area contributed by atoms with Gasteiger partial charge in [-0.05, 0) is 33.3 Å². The van der Waals surface area contributed by atoms with Crippen LogP contribution in [0.25, 0.3) is 11.1 Å². The summed E-state index contributed by atoms with van der Waals surface area (Å²) in [5.41, 5.74) is 2.13. The molecule has 5 heteroatoms. The van der Waals surface area contributed by atoms with E-state index in [-0.39, 0.29) is 6.79 Å². The zero-order valence-electron chi connectivity index (χ0n) is 15.5. The molecule has 0 saturated carbocycles. The minimum absolute atomic E-state index is 0.163. The lowest BCUT2D eigenvalue weighted by molar-refractivity contribution is 0.00578. The summed E-state index contributed by atoms with van der Waals surface area (Å²) in [5, 5.41) is 0. The molecule has 4 nitrogen and oxygen atoms in total. The lowest BCUT2D eigenvalue weighted by Crippen LogP contribution is -2.41. The second-order valence-electron chi connectivity index (χ2n) is 7.23. The Morgan fingerprint density at radius 3 is 2.12 bits per heavy atom. The second kappa shape index (κ2) is 6.83. The lowest BCUT2D eigenvalue weighted by Gasteiger charge is -2.32. The number of hydrogen-bond donors (Lipinski definition) is 0. The van der Waals surface area contributed by atoms with E-state index in [1.807, 2.05) is 64.1 Å². The largest absolute Gasteiger partial charge is 0.498 e. The van der Waals surface area contributed by atoms with Gasteiger partial charge in [0.15, 0.2) is 6.79 Å². The van der Waals surface area contributed by atoms with Gasteiger partial charge in [0.05, 0.1) is 11.2 Å². The maximum atomic E-state index is 6.22. The first-order chi connectivity index (χ1) is 11.9. The normalized spacial score (nSPS) is 18.4. The van der Waals surface area contributed by atoms with Crippen LogP contribution in [0.1, 0.15) is 27.7 Å². The fourth-order valence-electron chi connectivity index (χ4n) is 2.83. The van der Waals surface area contributed by atoms with Gasteiger partial charge in [0.25, 0.3) is 0 Å². The number of para-hydroxylation sites is 1. The van der Waals surface area contributed by atoms with Gasteiger partial charge < -0.3 is 18.8 Å². The van der Waals surface area contributed by atoms with E-state index in [1.165, 1.54) is 0 Å². The zero-order chi connectivity index (χ0) is 18.1. The van der Waals surface area contributed by atoms with Gasteiger partial charge in [-0.1, -0.05) is 48.5 Å². The van der Waals surface area contributed by atoms with Crippen LogP contribution in [0, 0.1) is 0 Å². The fourth-order valence-corrected chi connectivity index (χ4v) is 2.83. The molecule has 0 bridgehead atoms. The topological polar surface area (TPSA) is 36.9 Å². The first kappa shape index (κ1) is 18.0. The van der Waals surface area contributed by atoms with Gasteiger partial charge in [0.1, 0.15) is 5.75 Å². The third kappa shape index (κ3) is 3.45. The Balaban J connectivity index is 2.05. The van der Waals surface area contributed by atoms with Gasteiger partial charge >= 0.3 is 7.12 Å². The van der Waals surface area contributed by atoms with E-state index in [4.69, 9.17) is 18.8 Å². The number of ether oxygens (including phenoxy) is 2. The molecule has 1 heterocycles. The molecule has 0 unspecified atom stereocenters. The van der Waals surface area contributed by atoms with Crippen molar-refractivity contribution in [3.8, 4) is 16.9 Å². The highest BCUT2D eigenvalue weighted by molar-refractivity contribution is 6.63. The molecule has 25 heavy (non-hydrogen) atoms.